The lowest BCUT2D eigenvalue weighted by molar-refractivity contribution is -0.131. The van der Waals surface area contributed by atoms with Crippen LogP contribution in [0.4, 0.5) is 5.69 Å². The number of ether oxygens (including phenoxy) is 3. The number of amides is 2. The summed E-state index contributed by atoms with van der Waals surface area (Å²) >= 11 is 0. The number of esters is 1. The molecule has 0 saturated heterocycles. The number of methoxy groups -OCH3 is 2. The SMILES string of the molecule is COc1ccc(CC(=O)Nc2ccccc2CNC(=O)c2cccc(OC(C)=O)c2)cc1OC. The van der Waals surface area contributed by atoms with Gasteiger partial charge >= 0.3 is 5.97 Å². The summed E-state index contributed by atoms with van der Waals surface area (Å²) in [4.78, 5) is 36.4. The summed E-state index contributed by atoms with van der Waals surface area (Å²) in [6.45, 7) is 1.49. The first-order valence-corrected chi connectivity index (χ1v) is 10.5. The van der Waals surface area contributed by atoms with Crippen LogP contribution in [0.1, 0.15) is 28.4 Å². The number of hydrogen-bond donors (Lipinski definition) is 2. The molecule has 3 aromatic carbocycles. The molecule has 8 heteroatoms. The summed E-state index contributed by atoms with van der Waals surface area (Å²) in [5.41, 5.74) is 2.47. The maximum atomic E-state index is 12.7. The quantitative estimate of drug-likeness (QED) is 0.371. The molecule has 0 saturated carbocycles. The van der Waals surface area contributed by atoms with Crippen molar-refractivity contribution in [2.24, 2.45) is 0 Å². The van der Waals surface area contributed by atoms with Crippen molar-refractivity contribution in [1.82, 2.24) is 5.32 Å². The van der Waals surface area contributed by atoms with Gasteiger partial charge in [-0.1, -0.05) is 30.3 Å². The van der Waals surface area contributed by atoms with Crippen LogP contribution >= 0.6 is 0 Å². The normalized spacial score (nSPS) is 10.2. The molecule has 0 heterocycles. The van der Waals surface area contributed by atoms with Gasteiger partial charge < -0.3 is 24.8 Å². The fraction of sp³-hybridized carbons (Fsp3) is 0.192. The highest BCUT2D eigenvalue weighted by Crippen LogP contribution is 2.28. The Morgan fingerprint density at radius 3 is 2.35 bits per heavy atom. The zero-order chi connectivity index (χ0) is 24.5. The summed E-state index contributed by atoms with van der Waals surface area (Å²) in [5, 5.41) is 5.73. The van der Waals surface area contributed by atoms with Gasteiger partial charge in [0, 0.05) is 24.7 Å². The topological polar surface area (TPSA) is 103 Å². The maximum absolute atomic E-state index is 12.7. The first-order valence-electron chi connectivity index (χ1n) is 10.5. The fourth-order valence-electron chi connectivity index (χ4n) is 3.31. The first kappa shape index (κ1) is 24.3. The van der Waals surface area contributed by atoms with Gasteiger partial charge in [-0.05, 0) is 47.5 Å². The standard InChI is InChI=1S/C26H26N2O6/c1-17(29)34-21-9-6-8-19(15-21)26(31)27-16-20-7-4-5-10-22(20)28-25(30)14-18-11-12-23(32-2)24(13-18)33-3/h4-13,15H,14,16H2,1-3H3,(H,27,31)(H,28,30). The highest BCUT2D eigenvalue weighted by atomic mass is 16.5. The van der Waals surface area contributed by atoms with Crippen LogP contribution in [0.15, 0.2) is 66.7 Å². The van der Waals surface area contributed by atoms with Crippen molar-refractivity contribution < 1.29 is 28.6 Å². The molecule has 0 aliphatic rings. The predicted octanol–water partition coefficient (Wildman–Crippen LogP) is 3.74. The molecule has 3 rings (SSSR count). The summed E-state index contributed by atoms with van der Waals surface area (Å²) < 4.78 is 15.5. The molecule has 8 nitrogen and oxygen atoms in total. The number of rotatable bonds is 9. The van der Waals surface area contributed by atoms with Gasteiger partial charge in [-0.3, -0.25) is 14.4 Å². The molecule has 0 aliphatic heterocycles. The van der Waals surface area contributed by atoms with E-state index in [0.29, 0.717) is 28.5 Å². The molecule has 0 spiro atoms. The summed E-state index contributed by atoms with van der Waals surface area (Å²) in [6, 6.07) is 18.9. The Kier molecular flexibility index (Phi) is 8.23. The molecule has 0 atom stereocenters. The van der Waals surface area contributed by atoms with Crippen molar-refractivity contribution in [3.05, 3.63) is 83.4 Å². The van der Waals surface area contributed by atoms with Crippen molar-refractivity contribution >= 4 is 23.5 Å². The van der Waals surface area contributed by atoms with Crippen molar-refractivity contribution in [2.75, 3.05) is 19.5 Å². The van der Waals surface area contributed by atoms with Crippen LogP contribution in [0.3, 0.4) is 0 Å². The van der Waals surface area contributed by atoms with E-state index < -0.39 is 5.97 Å². The number of carbonyl (C=O) groups excluding carboxylic acids is 3. The summed E-state index contributed by atoms with van der Waals surface area (Å²) in [6.07, 6.45) is 0.143. The number of benzene rings is 3. The second-order valence-corrected chi connectivity index (χ2v) is 7.38. The van der Waals surface area contributed by atoms with Gasteiger partial charge in [-0.2, -0.15) is 0 Å². The van der Waals surface area contributed by atoms with E-state index in [4.69, 9.17) is 14.2 Å². The maximum Gasteiger partial charge on any atom is 0.308 e. The van der Waals surface area contributed by atoms with Crippen LogP contribution in [0.2, 0.25) is 0 Å². The van der Waals surface area contributed by atoms with Crippen molar-refractivity contribution in [3.8, 4) is 17.2 Å². The second-order valence-electron chi connectivity index (χ2n) is 7.38. The van der Waals surface area contributed by atoms with Gasteiger partial charge in [-0.15, -0.1) is 0 Å². The molecule has 176 valence electrons. The van der Waals surface area contributed by atoms with E-state index in [2.05, 4.69) is 10.6 Å². The average Bonchev–Trinajstić information content (AvgIpc) is 2.83. The molecule has 0 bridgehead atoms. The van der Waals surface area contributed by atoms with Gasteiger partial charge in [0.05, 0.1) is 20.6 Å². The minimum absolute atomic E-state index is 0.143. The molecule has 34 heavy (non-hydrogen) atoms. The number of hydrogen-bond acceptors (Lipinski definition) is 6. The van der Waals surface area contributed by atoms with Crippen LogP contribution in [0, 0.1) is 0 Å². The monoisotopic (exact) mass is 462 g/mol. The molecule has 2 amide bonds. The van der Waals surface area contributed by atoms with Crippen molar-refractivity contribution in [2.45, 2.75) is 19.9 Å². The van der Waals surface area contributed by atoms with Gasteiger partial charge in [-0.25, -0.2) is 0 Å². The van der Waals surface area contributed by atoms with E-state index in [1.165, 1.54) is 13.0 Å². The number of anilines is 1. The van der Waals surface area contributed by atoms with Crippen LogP contribution < -0.4 is 24.8 Å². The van der Waals surface area contributed by atoms with Gasteiger partial charge in [0.15, 0.2) is 11.5 Å². The molecule has 0 fully saturated rings. The Morgan fingerprint density at radius 2 is 1.62 bits per heavy atom. The first-order chi connectivity index (χ1) is 16.4. The number of carbonyl (C=O) groups is 3. The third-order valence-electron chi connectivity index (χ3n) is 4.90. The molecule has 0 radical (unpaired) electrons. The lowest BCUT2D eigenvalue weighted by Gasteiger charge is -2.13. The lowest BCUT2D eigenvalue weighted by Crippen LogP contribution is -2.24. The molecule has 3 aromatic rings. The van der Waals surface area contributed by atoms with E-state index in [0.717, 1.165) is 11.1 Å². The summed E-state index contributed by atoms with van der Waals surface area (Å²) in [5.74, 6) is 0.429. The molecular formula is C26H26N2O6. The minimum atomic E-state index is -0.463. The largest absolute Gasteiger partial charge is 0.493 e. The van der Waals surface area contributed by atoms with E-state index in [-0.39, 0.29) is 24.8 Å². The lowest BCUT2D eigenvalue weighted by atomic mass is 10.1. The van der Waals surface area contributed by atoms with E-state index >= 15 is 0 Å². The Hall–Kier alpha value is -4.33. The minimum Gasteiger partial charge on any atom is -0.493 e. The molecule has 2 N–H and O–H groups in total. The third kappa shape index (κ3) is 6.59. The molecular weight excluding hydrogens is 436 g/mol. The van der Waals surface area contributed by atoms with Gasteiger partial charge in [0.2, 0.25) is 5.91 Å². The Bertz CT molecular complexity index is 1190. The van der Waals surface area contributed by atoms with Crippen LogP contribution in [0.5, 0.6) is 17.2 Å². The van der Waals surface area contributed by atoms with Crippen molar-refractivity contribution in [1.29, 1.82) is 0 Å². The van der Waals surface area contributed by atoms with Crippen LogP contribution in [0.25, 0.3) is 0 Å². The van der Waals surface area contributed by atoms with Crippen LogP contribution in [-0.2, 0) is 22.6 Å². The number of nitrogens with one attached hydrogen (secondary N) is 2. The van der Waals surface area contributed by atoms with Crippen LogP contribution in [-0.4, -0.2) is 32.0 Å². The van der Waals surface area contributed by atoms with Gasteiger partial charge in [0.25, 0.3) is 5.91 Å². The second kappa shape index (κ2) is 11.5. The zero-order valence-electron chi connectivity index (χ0n) is 19.2. The Labute approximate surface area is 197 Å². The average molecular weight is 463 g/mol. The highest BCUT2D eigenvalue weighted by Gasteiger charge is 2.12. The van der Waals surface area contributed by atoms with E-state index in [1.807, 2.05) is 12.1 Å². The zero-order valence-corrected chi connectivity index (χ0v) is 19.2. The number of para-hydroxylation sites is 1. The predicted molar refractivity (Wildman–Crippen MR) is 127 cm³/mol. The van der Waals surface area contributed by atoms with E-state index in [9.17, 15) is 14.4 Å². The highest BCUT2D eigenvalue weighted by molar-refractivity contribution is 5.95. The summed E-state index contributed by atoms with van der Waals surface area (Å²) in [7, 11) is 3.09. The van der Waals surface area contributed by atoms with Gasteiger partial charge in [0.1, 0.15) is 5.75 Å². The van der Waals surface area contributed by atoms with E-state index in [1.54, 1.807) is 62.8 Å². The fourth-order valence-corrected chi connectivity index (χ4v) is 3.31. The third-order valence-corrected chi connectivity index (χ3v) is 4.90. The molecule has 0 unspecified atom stereocenters. The smallest absolute Gasteiger partial charge is 0.308 e. The Morgan fingerprint density at radius 1 is 0.853 bits per heavy atom. The Balaban J connectivity index is 1.64. The molecule has 0 aromatic heterocycles. The molecule has 0 aliphatic carbocycles. The van der Waals surface area contributed by atoms with Crippen molar-refractivity contribution in [3.63, 3.8) is 0 Å².